The molecule has 2 aliphatic rings. The van der Waals surface area contributed by atoms with Crippen molar-refractivity contribution in [3.8, 4) is 0 Å². The van der Waals surface area contributed by atoms with E-state index in [-0.39, 0.29) is 0 Å². The van der Waals surface area contributed by atoms with E-state index < -0.39 is 0 Å². The molecule has 0 bridgehead atoms. The molecule has 23 heavy (non-hydrogen) atoms. The van der Waals surface area contributed by atoms with Gasteiger partial charge in [-0.15, -0.1) is 0 Å². The average Bonchev–Trinajstić information content (AvgIpc) is 2.62. The van der Waals surface area contributed by atoms with E-state index in [1.807, 2.05) is 13.0 Å². The Labute approximate surface area is 140 Å². The maximum atomic E-state index is 12.0. The smallest absolute Gasteiger partial charge is 0.222 e. The summed E-state index contributed by atoms with van der Waals surface area (Å²) < 4.78 is 0. The van der Waals surface area contributed by atoms with E-state index in [9.17, 15) is 4.79 Å². The molecule has 1 aromatic carbocycles. The molecule has 0 N–H and O–H groups in total. The maximum Gasteiger partial charge on any atom is 0.222 e. The van der Waals surface area contributed by atoms with Crippen molar-refractivity contribution in [3.05, 3.63) is 42.0 Å². The second kappa shape index (κ2) is 7.78. The highest BCUT2D eigenvalue weighted by Crippen LogP contribution is 2.31. The lowest BCUT2D eigenvalue weighted by atomic mass is 9.83. The zero-order chi connectivity index (χ0) is 16.1. The number of likely N-dealkylation sites (tertiary alicyclic amines) is 2. The fraction of sp³-hybridized carbons (Fsp3) is 0.550. The molecule has 1 aromatic rings. The lowest BCUT2D eigenvalue weighted by Gasteiger charge is -2.47. The molecule has 0 saturated carbocycles. The number of rotatable bonds is 4. The number of carbonyl (C=O) groups excluding carboxylic acids is 1. The summed E-state index contributed by atoms with van der Waals surface area (Å²) >= 11 is 0. The molecule has 3 nitrogen and oxygen atoms in total. The first-order chi connectivity index (χ1) is 11.3. The molecule has 2 saturated heterocycles. The molecule has 3 heteroatoms. The van der Waals surface area contributed by atoms with Crippen LogP contribution >= 0.6 is 0 Å². The summed E-state index contributed by atoms with van der Waals surface area (Å²) in [6.07, 6.45) is 8.92. The fourth-order valence-electron chi connectivity index (χ4n) is 4.02. The summed E-state index contributed by atoms with van der Waals surface area (Å²) in [5.41, 5.74) is 1.26. The first-order valence-electron chi connectivity index (χ1n) is 9.01. The first kappa shape index (κ1) is 16.3. The maximum absolute atomic E-state index is 12.0. The molecule has 2 atom stereocenters. The molecule has 2 unspecified atom stereocenters. The van der Waals surface area contributed by atoms with Crippen LogP contribution in [0.5, 0.6) is 0 Å². The van der Waals surface area contributed by atoms with Crippen molar-refractivity contribution in [1.82, 2.24) is 9.80 Å². The molecular formula is C20H28N2O. The Morgan fingerprint density at radius 2 is 2.04 bits per heavy atom. The molecule has 2 aliphatic heterocycles. The van der Waals surface area contributed by atoms with Crippen LogP contribution in [-0.2, 0) is 4.79 Å². The van der Waals surface area contributed by atoms with Crippen molar-refractivity contribution >= 4 is 12.0 Å². The Morgan fingerprint density at radius 1 is 1.22 bits per heavy atom. The highest BCUT2D eigenvalue weighted by molar-refractivity contribution is 5.76. The minimum absolute atomic E-state index is 0.314. The topological polar surface area (TPSA) is 23.6 Å². The molecule has 0 aromatic heterocycles. The number of fused-ring (bicyclic) bond motifs is 1. The van der Waals surface area contributed by atoms with Crippen molar-refractivity contribution in [2.75, 3.05) is 26.2 Å². The van der Waals surface area contributed by atoms with Crippen LogP contribution < -0.4 is 0 Å². The van der Waals surface area contributed by atoms with Crippen LogP contribution in [0.2, 0.25) is 0 Å². The van der Waals surface area contributed by atoms with Crippen LogP contribution in [-0.4, -0.2) is 47.9 Å². The summed E-state index contributed by atoms with van der Waals surface area (Å²) in [6.45, 7) is 6.01. The van der Waals surface area contributed by atoms with Gasteiger partial charge in [0.1, 0.15) is 0 Å². The van der Waals surface area contributed by atoms with Gasteiger partial charge in [-0.2, -0.15) is 0 Å². The zero-order valence-electron chi connectivity index (χ0n) is 14.2. The van der Waals surface area contributed by atoms with E-state index in [1.54, 1.807) is 0 Å². The van der Waals surface area contributed by atoms with E-state index in [0.29, 0.717) is 18.4 Å². The molecule has 0 aliphatic carbocycles. The molecular weight excluding hydrogens is 284 g/mol. The van der Waals surface area contributed by atoms with Crippen molar-refractivity contribution in [2.45, 2.75) is 38.6 Å². The van der Waals surface area contributed by atoms with Gasteiger partial charge in [0.15, 0.2) is 0 Å². The normalized spacial score (nSPS) is 25.5. The van der Waals surface area contributed by atoms with Crippen molar-refractivity contribution < 1.29 is 4.79 Å². The summed E-state index contributed by atoms with van der Waals surface area (Å²) in [6, 6.07) is 11.0. The fourth-order valence-corrected chi connectivity index (χ4v) is 4.02. The van der Waals surface area contributed by atoms with Crippen LogP contribution in [0.4, 0.5) is 0 Å². The van der Waals surface area contributed by atoms with Gasteiger partial charge in [-0.05, 0) is 37.3 Å². The second-order valence-corrected chi connectivity index (χ2v) is 6.76. The minimum Gasteiger partial charge on any atom is -0.341 e. The molecule has 1 amide bonds. The van der Waals surface area contributed by atoms with E-state index >= 15 is 0 Å². The Balaban J connectivity index is 1.61. The van der Waals surface area contributed by atoms with Gasteiger partial charge in [-0.3, -0.25) is 9.69 Å². The van der Waals surface area contributed by atoms with Gasteiger partial charge < -0.3 is 4.90 Å². The summed E-state index contributed by atoms with van der Waals surface area (Å²) in [4.78, 5) is 16.7. The molecule has 124 valence electrons. The Hall–Kier alpha value is -1.61. The highest BCUT2D eigenvalue weighted by atomic mass is 16.2. The van der Waals surface area contributed by atoms with Gasteiger partial charge in [0.25, 0.3) is 0 Å². The highest BCUT2D eigenvalue weighted by Gasteiger charge is 2.36. The summed E-state index contributed by atoms with van der Waals surface area (Å²) in [7, 11) is 0. The Bertz CT molecular complexity index is 540. The molecule has 0 spiro atoms. The van der Waals surface area contributed by atoms with Crippen LogP contribution in [0.3, 0.4) is 0 Å². The Morgan fingerprint density at radius 3 is 2.83 bits per heavy atom. The molecule has 3 rings (SSSR count). The molecule has 2 heterocycles. The lowest BCUT2D eigenvalue weighted by molar-refractivity contribution is -0.134. The predicted octanol–water partition coefficient (Wildman–Crippen LogP) is 3.42. The number of nitrogens with zero attached hydrogens (tertiary/aromatic N) is 2. The average molecular weight is 312 g/mol. The Kier molecular flexibility index (Phi) is 5.50. The van der Waals surface area contributed by atoms with Gasteiger partial charge in [0.05, 0.1) is 0 Å². The van der Waals surface area contributed by atoms with Crippen molar-refractivity contribution in [1.29, 1.82) is 0 Å². The largest absolute Gasteiger partial charge is 0.341 e. The van der Waals surface area contributed by atoms with Crippen LogP contribution in [0, 0.1) is 5.92 Å². The number of carbonyl (C=O) groups is 1. The monoisotopic (exact) mass is 312 g/mol. The lowest BCUT2D eigenvalue weighted by Crippen LogP contribution is -2.56. The van der Waals surface area contributed by atoms with E-state index in [0.717, 1.165) is 32.1 Å². The quantitative estimate of drug-likeness (QED) is 0.850. The molecule has 0 radical (unpaired) electrons. The summed E-state index contributed by atoms with van der Waals surface area (Å²) in [5.74, 6) is 1.09. The van der Waals surface area contributed by atoms with E-state index in [4.69, 9.17) is 0 Å². The van der Waals surface area contributed by atoms with E-state index in [1.165, 1.54) is 24.8 Å². The standard InChI is InChI=1S/C20H28N2O/c1-2-20(23)22-15-12-18-11-7-14-21(19(18)16-22)13-6-10-17-8-4-3-5-9-17/h3-6,8-10,18-19H,2,7,11-16H2,1H3/b10-6+. The van der Waals surface area contributed by atoms with Crippen LogP contribution in [0.15, 0.2) is 36.4 Å². The van der Waals surface area contributed by atoms with Gasteiger partial charge in [0, 0.05) is 32.1 Å². The zero-order valence-corrected chi connectivity index (χ0v) is 14.2. The number of hydrogen-bond acceptors (Lipinski definition) is 2. The number of hydrogen-bond donors (Lipinski definition) is 0. The number of piperidine rings is 2. The number of amides is 1. The van der Waals surface area contributed by atoms with Crippen molar-refractivity contribution in [2.24, 2.45) is 5.92 Å². The van der Waals surface area contributed by atoms with Gasteiger partial charge in [0.2, 0.25) is 5.91 Å². The third kappa shape index (κ3) is 4.03. The van der Waals surface area contributed by atoms with Gasteiger partial charge in [-0.1, -0.05) is 49.4 Å². The van der Waals surface area contributed by atoms with Gasteiger partial charge in [-0.25, -0.2) is 0 Å². The summed E-state index contributed by atoms with van der Waals surface area (Å²) in [5, 5.41) is 0. The third-order valence-electron chi connectivity index (χ3n) is 5.32. The van der Waals surface area contributed by atoms with Gasteiger partial charge >= 0.3 is 0 Å². The molecule has 2 fully saturated rings. The van der Waals surface area contributed by atoms with Crippen LogP contribution in [0.1, 0.15) is 38.2 Å². The third-order valence-corrected chi connectivity index (χ3v) is 5.32. The van der Waals surface area contributed by atoms with E-state index in [2.05, 4.69) is 46.2 Å². The minimum atomic E-state index is 0.314. The van der Waals surface area contributed by atoms with Crippen molar-refractivity contribution in [3.63, 3.8) is 0 Å². The SMILES string of the molecule is CCC(=O)N1CCC2CCCN(C/C=C/c3ccccc3)C2C1. The predicted molar refractivity (Wildman–Crippen MR) is 95.0 cm³/mol. The number of benzene rings is 1. The second-order valence-electron chi connectivity index (χ2n) is 6.76. The first-order valence-corrected chi connectivity index (χ1v) is 9.01. The van der Waals surface area contributed by atoms with Crippen LogP contribution in [0.25, 0.3) is 6.08 Å².